The maximum atomic E-state index is 11.8. The van der Waals surface area contributed by atoms with Gasteiger partial charge in [0.15, 0.2) is 5.96 Å². The summed E-state index contributed by atoms with van der Waals surface area (Å²) in [6.45, 7) is 7.40. The highest BCUT2D eigenvalue weighted by Gasteiger charge is 2.25. The molecule has 0 radical (unpaired) electrons. The lowest BCUT2D eigenvalue weighted by Gasteiger charge is -2.25. The van der Waals surface area contributed by atoms with E-state index in [1.165, 1.54) is 4.90 Å². The number of piperidine rings is 1. The van der Waals surface area contributed by atoms with Crippen LogP contribution in [0.1, 0.15) is 45.6 Å². The molecular formula is C20H30N4O3. The predicted octanol–water partition coefficient (Wildman–Crippen LogP) is 2.07. The van der Waals surface area contributed by atoms with Gasteiger partial charge in [-0.05, 0) is 33.3 Å². The number of ether oxygens (including phenoxy) is 1. The van der Waals surface area contributed by atoms with Crippen LogP contribution < -0.4 is 15.4 Å². The SMILES string of the molecule is CN=C(NCCN1C(=O)CCCC1=O)NCc1ccccc1OC(C)(C)C. The molecule has 0 atom stereocenters. The van der Waals surface area contributed by atoms with Gasteiger partial charge in [0.2, 0.25) is 11.8 Å². The summed E-state index contributed by atoms with van der Waals surface area (Å²) < 4.78 is 6.00. The predicted molar refractivity (Wildman–Crippen MR) is 106 cm³/mol. The molecule has 0 aliphatic carbocycles. The fourth-order valence-corrected chi connectivity index (χ4v) is 2.81. The number of benzene rings is 1. The lowest BCUT2D eigenvalue weighted by molar-refractivity contribution is -0.147. The van der Waals surface area contributed by atoms with Crippen LogP contribution in [0.3, 0.4) is 0 Å². The van der Waals surface area contributed by atoms with E-state index in [1.807, 2.05) is 45.0 Å². The summed E-state index contributed by atoms with van der Waals surface area (Å²) in [6.07, 6.45) is 1.55. The number of carbonyl (C=O) groups is 2. The lowest BCUT2D eigenvalue weighted by atomic mass is 10.1. The highest BCUT2D eigenvalue weighted by molar-refractivity contribution is 5.97. The molecule has 1 aliphatic heterocycles. The molecule has 1 fully saturated rings. The molecule has 0 unspecified atom stereocenters. The molecule has 0 saturated carbocycles. The van der Waals surface area contributed by atoms with E-state index in [4.69, 9.17) is 4.74 Å². The Bertz CT molecular complexity index is 679. The van der Waals surface area contributed by atoms with Crippen LogP contribution in [0.25, 0.3) is 0 Å². The molecule has 1 aromatic rings. The van der Waals surface area contributed by atoms with Crippen molar-refractivity contribution in [3.63, 3.8) is 0 Å². The standard InChI is InChI=1S/C20H30N4O3/c1-20(2,3)27-16-9-6-5-8-15(16)14-23-19(21-4)22-12-13-24-17(25)10-7-11-18(24)26/h5-6,8-9H,7,10-14H2,1-4H3,(H2,21,22,23). The molecule has 7 nitrogen and oxygen atoms in total. The third-order valence-corrected chi connectivity index (χ3v) is 4.07. The fraction of sp³-hybridized carbons (Fsp3) is 0.550. The molecule has 0 aromatic heterocycles. The zero-order chi connectivity index (χ0) is 19.9. The summed E-state index contributed by atoms with van der Waals surface area (Å²) in [6, 6.07) is 7.87. The Hall–Kier alpha value is -2.57. The van der Waals surface area contributed by atoms with Crippen LogP contribution >= 0.6 is 0 Å². The van der Waals surface area contributed by atoms with Crippen LogP contribution in [0.2, 0.25) is 0 Å². The van der Waals surface area contributed by atoms with Gasteiger partial charge < -0.3 is 15.4 Å². The number of imide groups is 1. The second-order valence-electron chi connectivity index (χ2n) is 7.47. The van der Waals surface area contributed by atoms with E-state index in [2.05, 4.69) is 15.6 Å². The van der Waals surface area contributed by atoms with Gasteiger partial charge in [-0.2, -0.15) is 0 Å². The van der Waals surface area contributed by atoms with Gasteiger partial charge in [0.25, 0.3) is 0 Å². The minimum absolute atomic E-state index is 0.0933. The third kappa shape index (κ3) is 6.58. The van der Waals surface area contributed by atoms with Crippen LogP contribution in [0.15, 0.2) is 29.3 Å². The molecule has 7 heteroatoms. The van der Waals surface area contributed by atoms with Crippen molar-refractivity contribution < 1.29 is 14.3 Å². The van der Waals surface area contributed by atoms with Gasteiger partial charge in [0.05, 0.1) is 0 Å². The maximum absolute atomic E-state index is 11.8. The smallest absolute Gasteiger partial charge is 0.229 e. The van der Waals surface area contributed by atoms with Crippen molar-refractivity contribution in [2.45, 2.75) is 52.2 Å². The summed E-state index contributed by atoms with van der Waals surface area (Å²) >= 11 is 0. The normalized spacial score (nSPS) is 15.7. The molecule has 0 spiro atoms. The third-order valence-electron chi connectivity index (χ3n) is 4.07. The first-order valence-corrected chi connectivity index (χ1v) is 9.35. The van der Waals surface area contributed by atoms with E-state index in [-0.39, 0.29) is 17.4 Å². The van der Waals surface area contributed by atoms with Crippen molar-refractivity contribution >= 4 is 17.8 Å². The summed E-state index contributed by atoms with van der Waals surface area (Å²) in [7, 11) is 1.68. The maximum Gasteiger partial charge on any atom is 0.229 e. The van der Waals surface area contributed by atoms with E-state index in [9.17, 15) is 9.59 Å². The summed E-state index contributed by atoms with van der Waals surface area (Å²) in [5.74, 6) is 1.25. The minimum Gasteiger partial charge on any atom is -0.488 e. The average Bonchev–Trinajstić information content (AvgIpc) is 2.60. The quantitative estimate of drug-likeness (QED) is 0.452. The Kier molecular flexibility index (Phi) is 7.21. The molecule has 2 N–H and O–H groups in total. The van der Waals surface area contributed by atoms with Crippen molar-refractivity contribution in [1.82, 2.24) is 15.5 Å². The van der Waals surface area contributed by atoms with Crippen molar-refractivity contribution in [2.75, 3.05) is 20.1 Å². The Morgan fingerprint density at radius 2 is 1.81 bits per heavy atom. The molecule has 1 saturated heterocycles. The number of nitrogens with zero attached hydrogens (tertiary/aromatic N) is 2. The van der Waals surface area contributed by atoms with Crippen molar-refractivity contribution in [1.29, 1.82) is 0 Å². The number of aliphatic imine (C=N–C) groups is 1. The summed E-state index contributed by atoms with van der Waals surface area (Å²) in [5, 5.41) is 6.39. The molecule has 0 bridgehead atoms. The van der Waals surface area contributed by atoms with Crippen LogP contribution in [0.4, 0.5) is 0 Å². The van der Waals surface area contributed by atoms with E-state index < -0.39 is 0 Å². The van der Waals surface area contributed by atoms with Crippen LogP contribution in [-0.2, 0) is 16.1 Å². The summed E-state index contributed by atoms with van der Waals surface area (Å²) in [5.41, 5.74) is 0.751. The lowest BCUT2D eigenvalue weighted by Crippen LogP contribution is -2.46. The van der Waals surface area contributed by atoms with E-state index in [1.54, 1.807) is 7.05 Å². The largest absolute Gasteiger partial charge is 0.488 e. The molecule has 27 heavy (non-hydrogen) atoms. The van der Waals surface area contributed by atoms with E-state index in [0.717, 1.165) is 11.3 Å². The van der Waals surface area contributed by atoms with Crippen molar-refractivity contribution in [3.05, 3.63) is 29.8 Å². The first-order valence-electron chi connectivity index (χ1n) is 9.35. The first-order chi connectivity index (χ1) is 12.8. The number of rotatable bonds is 6. The Morgan fingerprint density at radius 3 is 2.44 bits per heavy atom. The van der Waals surface area contributed by atoms with Gasteiger partial charge >= 0.3 is 0 Å². The Balaban J connectivity index is 1.86. The number of hydrogen-bond acceptors (Lipinski definition) is 4. The number of hydrogen-bond donors (Lipinski definition) is 2. The van der Waals surface area contributed by atoms with Gasteiger partial charge in [0.1, 0.15) is 11.4 Å². The molecule has 2 amide bonds. The molecule has 1 aliphatic rings. The number of amides is 2. The number of nitrogens with one attached hydrogen (secondary N) is 2. The van der Waals surface area contributed by atoms with Gasteiger partial charge in [-0.15, -0.1) is 0 Å². The van der Waals surface area contributed by atoms with Crippen LogP contribution in [0.5, 0.6) is 5.75 Å². The highest BCUT2D eigenvalue weighted by atomic mass is 16.5. The second kappa shape index (κ2) is 9.39. The molecule has 1 heterocycles. The summed E-state index contributed by atoms with van der Waals surface area (Å²) in [4.78, 5) is 29.2. The van der Waals surface area contributed by atoms with E-state index in [0.29, 0.717) is 44.9 Å². The molecular weight excluding hydrogens is 344 g/mol. The van der Waals surface area contributed by atoms with E-state index >= 15 is 0 Å². The van der Waals surface area contributed by atoms with Crippen LogP contribution in [0, 0.1) is 0 Å². The fourth-order valence-electron chi connectivity index (χ4n) is 2.81. The van der Waals surface area contributed by atoms with Crippen molar-refractivity contribution in [3.8, 4) is 5.75 Å². The topological polar surface area (TPSA) is 83.0 Å². The van der Waals surface area contributed by atoms with Crippen molar-refractivity contribution in [2.24, 2.45) is 4.99 Å². The molecule has 2 rings (SSSR count). The number of para-hydroxylation sites is 1. The molecule has 1 aromatic carbocycles. The second-order valence-corrected chi connectivity index (χ2v) is 7.47. The first kappa shape index (κ1) is 20.7. The van der Waals surface area contributed by atoms with Gasteiger partial charge in [-0.3, -0.25) is 19.5 Å². The minimum atomic E-state index is -0.274. The van der Waals surface area contributed by atoms with Crippen LogP contribution in [-0.4, -0.2) is 48.4 Å². The monoisotopic (exact) mass is 374 g/mol. The van der Waals surface area contributed by atoms with Gasteiger partial charge in [-0.25, -0.2) is 0 Å². The Labute approximate surface area is 161 Å². The average molecular weight is 374 g/mol. The highest BCUT2D eigenvalue weighted by Crippen LogP contribution is 2.22. The number of guanidine groups is 1. The zero-order valence-electron chi connectivity index (χ0n) is 16.7. The van der Waals surface area contributed by atoms with Gasteiger partial charge in [-0.1, -0.05) is 18.2 Å². The number of likely N-dealkylation sites (tertiary alicyclic amines) is 1. The zero-order valence-corrected chi connectivity index (χ0v) is 16.7. The number of carbonyl (C=O) groups excluding carboxylic acids is 2. The van der Waals surface area contributed by atoms with Gasteiger partial charge in [0, 0.05) is 45.1 Å². The molecule has 148 valence electrons. The Morgan fingerprint density at radius 1 is 1.15 bits per heavy atom.